The molecule has 0 aromatic carbocycles. The monoisotopic (exact) mass is 271 g/mol. The molecular formula is C10H13N3O6. The Morgan fingerprint density at radius 2 is 2.42 bits per heavy atom. The van der Waals surface area contributed by atoms with E-state index in [9.17, 15) is 14.9 Å². The molecule has 19 heavy (non-hydrogen) atoms. The SMILES string of the molecule is CC1(C)OCC(Cn2cc([N+](=O)[O-])c(C(=O)O)n2)O1. The van der Waals surface area contributed by atoms with Crippen LogP contribution < -0.4 is 0 Å². The summed E-state index contributed by atoms with van der Waals surface area (Å²) in [5.74, 6) is -2.14. The smallest absolute Gasteiger partial charge is 0.363 e. The van der Waals surface area contributed by atoms with Gasteiger partial charge < -0.3 is 14.6 Å². The van der Waals surface area contributed by atoms with E-state index in [4.69, 9.17) is 14.6 Å². The first kappa shape index (κ1) is 13.4. The van der Waals surface area contributed by atoms with Crippen molar-refractivity contribution in [2.45, 2.75) is 32.3 Å². The average molecular weight is 271 g/mol. The predicted molar refractivity (Wildman–Crippen MR) is 60.7 cm³/mol. The minimum absolute atomic E-state index is 0.192. The lowest BCUT2D eigenvalue weighted by atomic mass is 10.3. The molecule has 1 fully saturated rings. The lowest BCUT2D eigenvalue weighted by Crippen LogP contribution is -2.24. The summed E-state index contributed by atoms with van der Waals surface area (Å²) in [5, 5.41) is 23.2. The number of aromatic nitrogens is 2. The second-order valence-electron chi connectivity index (χ2n) is 4.60. The van der Waals surface area contributed by atoms with Crippen LogP contribution in [0.1, 0.15) is 24.3 Å². The number of rotatable bonds is 4. The van der Waals surface area contributed by atoms with E-state index >= 15 is 0 Å². The number of carbonyl (C=O) groups is 1. The van der Waals surface area contributed by atoms with Gasteiger partial charge in [-0.1, -0.05) is 0 Å². The van der Waals surface area contributed by atoms with Crippen molar-refractivity contribution in [1.29, 1.82) is 0 Å². The largest absolute Gasteiger partial charge is 0.476 e. The van der Waals surface area contributed by atoms with Crippen LogP contribution in [0.25, 0.3) is 0 Å². The van der Waals surface area contributed by atoms with Crippen LogP contribution in [-0.4, -0.2) is 44.3 Å². The van der Waals surface area contributed by atoms with E-state index in [1.807, 2.05) is 0 Å². The highest BCUT2D eigenvalue weighted by Gasteiger charge is 2.34. The Hall–Kier alpha value is -2.00. The molecule has 9 nitrogen and oxygen atoms in total. The number of nitrogens with zero attached hydrogens (tertiary/aromatic N) is 3. The number of hydrogen-bond donors (Lipinski definition) is 1. The molecule has 9 heteroatoms. The van der Waals surface area contributed by atoms with Crippen molar-refractivity contribution >= 4 is 11.7 Å². The summed E-state index contributed by atoms with van der Waals surface area (Å²) in [7, 11) is 0. The molecule has 104 valence electrons. The predicted octanol–water partition coefficient (Wildman–Crippen LogP) is 0.641. The first-order chi connectivity index (χ1) is 8.78. The highest BCUT2D eigenvalue weighted by molar-refractivity contribution is 5.89. The molecule has 1 aromatic rings. The van der Waals surface area contributed by atoms with Crippen molar-refractivity contribution in [2.75, 3.05) is 6.61 Å². The van der Waals surface area contributed by atoms with Gasteiger partial charge in [0, 0.05) is 0 Å². The van der Waals surface area contributed by atoms with E-state index in [1.165, 1.54) is 4.68 Å². The van der Waals surface area contributed by atoms with Crippen molar-refractivity contribution in [1.82, 2.24) is 9.78 Å². The number of nitro groups is 1. The van der Waals surface area contributed by atoms with Crippen LogP contribution in [0.4, 0.5) is 5.69 Å². The summed E-state index contributed by atoms with van der Waals surface area (Å²) in [5.41, 5.74) is -1.12. The molecule has 0 bridgehead atoms. The van der Waals surface area contributed by atoms with Gasteiger partial charge >= 0.3 is 11.7 Å². The summed E-state index contributed by atoms with van der Waals surface area (Å²) in [6.07, 6.45) is 0.758. The van der Waals surface area contributed by atoms with E-state index in [-0.39, 0.29) is 12.6 Å². The maximum Gasteiger partial charge on any atom is 0.363 e. The molecule has 1 aromatic heterocycles. The Morgan fingerprint density at radius 1 is 1.74 bits per heavy atom. The molecule has 2 rings (SSSR count). The van der Waals surface area contributed by atoms with Gasteiger partial charge in [0.1, 0.15) is 12.3 Å². The van der Waals surface area contributed by atoms with Crippen LogP contribution in [0.5, 0.6) is 0 Å². The molecule has 0 amide bonds. The maximum absolute atomic E-state index is 10.8. The van der Waals surface area contributed by atoms with Gasteiger partial charge in [0.25, 0.3) is 0 Å². The number of aromatic carboxylic acids is 1. The topological polar surface area (TPSA) is 117 Å². The fourth-order valence-electron chi connectivity index (χ4n) is 1.85. The molecule has 0 aliphatic carbocycles. The molecule has 1 unspecified atom stereocenters. The number of carboxylic acids is 1. The van der Waals surface area contributed by atoms with Gasteiger partial charge in [0.2, 0.25) is 5.69 Å². The van der Waals surface area contributed by atoms with Gasteiger partial charge in [-0.3, -0.25) is 14.8 Å². The van der Waals surface area contributed by atoms with Crippen LogP contribution in [0.2, 0.25) is 0 Å². The summed E-state index contributed by atoms with van der Waals surface area (Å²) >= 11 is 0. The molecule has 1 aliphatic heterocycles. The van der Waals surface area contributed by atoms with Crippen LogP contribution >= 0.6 is 0 Å². The Bertz CT molecular complexity index is 492. The van der Waals surface area contributed by atoms with Crippen molar-refractivity contribution in [2.24, 2.45) is 0 Å². The van der Waals surface area contributed by atoms with Crippen LogP contribution in [0.15, 0.2) is 6.20 Å². The third kappa shape index (κ3) is 2.88. The molecule has 0 radical (unpaired) electrons. The van der Waals surface area contributed by atoms with Gasteiger partial charge in [-0.05, 0) is 13.8 Å². The minimum Gasteiger partial charge on any atom is -0.476 e. The normalized spacial score (nSPS) is 21.5. The Morgan fingerprint density at radius 3 is 2.84 bits per heavy atom. The first-order valence-electron chi connectivity index (χ1n) is 5.55. The minimum atomic E-state index is -1.44. The fraction of sp³-hybridized carbons (Fsp3) is 0.600. The highest BCUT2D eigenvalue weighted by atomic mass is 16.7. The number of ether oxygens (including phenoxy) is 2. The quantitative estimate of drug-likeness (QED) is 0.630. The van der Waals surface area contributed by atoms with Crippen molar-refractivity contribution in [3.63, 3.8) is 0 Å². The van der Waals surface area contributed by atoms with E-state index in [0.717, 1.165) is 6.20 Å². The summed E-state index contributed by atoms with van der Waals surface area (Å²) in [4.78, 5) is 20.8. The van der Waals surface area contributed by atoms with E-state index in [0.29, 0.717) is 6.61 Å². The summed E-state index contributed by atoms with van der Waals surface area (Å²) in [6.45, 7) is 4.02. The molecule has 2 heterocycles. The number of carboxylic acid groups (broad SMARTS) is 1. The fourth-order valence-corrected chi connectivity index (χ4v) is 1.85. The Labute approximate surface area is 107 Å². The van der Waals surface area contributed by atoms with Gasteiger partial charge in [0.05, 0.1) is 18.1 Å². The molecule has 1 aliphatic rings. The van der Waals surface area contributed by atoms with Gasteiger partial charge in [0.15, 0.2) is 5.79 Å². The standard InChI is InChI=1S/C10H13N3O6/c1-10(2)18-5-6(19-10)3-12-4-7(13(16)17)8(11-12)9(14)15/h4,6H,3,5H2,1-2H3,(H,14,15). The van der Waals surface area contributed by atoms with E-state index in [2.05, 4.69) is 5.10 Å². The highest BCUT2D eigenvalue weighted by Crippen LogP contribution is 2.24. The van der Waals surface area contributed by atoms with Gasteiger partial charge in [-0.15, -0.1) is 0 Å². The van der Waals surface area contributed by atoms with Gasteiger partial charge in [-0.2, -0.15) is 5.10 Å². The maximum atomic E-state index is 10.8. The second-order valence-corrected chi connectivity index (χ2v) is 4.60. The first-order valence-corrected chi connectivity index (χ1v) is 5.55. The second kappa shape index (κ2) is 4.59. The summed E-state index contributed by atoms with van der Waals surface area (Å²) in [6, 6.07) is 0. The van der Waals surface area contributed by atoms with Crippen LogP contribution in [0, 0.1) is 10.1 Å². The molecule has 0 saturated carbocycles. The zero-order valence-corrected chi connectivity index (χ0v) is 10.4. The third-order valence-electron chi connectivity index (χ3n) is 2.60. The van der Waals surface area contributed by atoms with Crippen molar-refractivity contribution < 1.29 is 24.3 Å². The molecule has 0 spiro atoms. The third-order valence-corrected chi connectivity index (χ3v) is 2.60. The lowest BCUT2D eigenvalue weighted by molar-refractivity contribution is -0.385. The number of hydrogen-bond acceptors (Lipinski definition) is 6. The van der Waals surface area contributed by atoms with E-state index < -0.39 is 28.1 Å². The average Bonchev–Trinajstić information content (AvgIpc) is 2.83. The molecule has 1 N–H and O–H groups in total. The van der Waals surface area contributed by atoms with Crippen molar-refractivity contribution in [3.05, 3.63) is 22.0 Å². The van der Waals surface area contributed by atoms with Gasteiger partial charge in [-0.25, -0.2) is 4.79 Å². The Balaban J connectivity index is 2.16. The van der Waals surface area contributed by atoms with Crippen LogP contribution in [0.3, 0.4) is 0 Å². The Kier molecular flexibility index (Phi) is 3.25. The molecule has 1 saturated heterocycles. The lowest BCUT2D eigenvalue weighted by Gasteiger charge is -2.16. The van der Waals surface area contributed by atoms with E-state index in [1.54, 1.807) is 13.8 Å². The van der Waals surface area contributed by atoms with Crippen LogP contribution in [-0.2, 0) is 16.0 Å². The van der Waals surface area contributed by atoms with Crippen molar-refractivity contribution in [3.8, 4) is 0 Å². The zero-order valence-electron chi connectivity index (χ0n) is 10.4. The molecule has 1 atom stereocenters. The molecular weight excluding hydrogens is 258 g/mol. The summed E-state index contributed by atoms with van der Waals surface area (Å²) < 4.78 is 12.1. The zero-order chi connectivity index (χ0) is 14.2.